The van der Waals surface area contributed by atoms with Gasteiger partial charge in [-0.1, -0.05) is 63.8 Å². The molecule has 0 aliphatic rings. The smallest absolute Gasteiger partial charge is 0.162 e. The van der Waals surface area contributed by atoms with Crippen molar-refractivity contribution in [2.45, 2.75) is 58.8 Å². The van der Waals surface area contributed by atoms with Crippen LogP contribution in [-0.2, 0) is 12.8 Å². The molecule has 0 radical (unpaired) electrons. The van der Waals surface area contributed by atoms with Crippen molar-refractivity contribution in [2.24, 2.45) is 0 Å². The van der Waals surface area contributed by atoms with Gasteiger partial charge in [0.15, 0.2) is 11.6 Å². The number of hydrogen-bond donors (Lipinski definition) is 0. The minimum Gasteiger partial charge on any atom is -0.236 e. The zero-order valence-electron chi connectivity index (χ0n) is 16.4. The van der Waals surface area contributed by atoms with E-state index in [2.05, 4.69) is 58.0 Å². The molecule has 27 heavy (non-hydrogen) atoms. The Morgan fingerprint density at radius 2 is 1.19 bits per heavy atom. The summed E-state index contributed by atoms with van der Waals surface area (Å²) >= 11 is 0. The van der Waals surface area contributed by atoms with Gasteiger partial charge in [0, 0.05) is 30.4 Å². The fraction of sp³-hybridized carbons (Fsp3) is 0.391. The zero-order valence-corrected chi connectivity index (χ0v) is 16.4. The van der Waals surface area contributed by atoms with Gasteiger partial charge in [0.25, 0.3) is 0 Å². The van der Waals surface area contributed by atoms with Crippen molar-refractivity contribution in [3.05, 3.63) is 60.2 Å². The first-order chi connectivity index (χ1) is 13.3. The topological polar surface area (TPSA) is 51.6 Å². The summed E-state index contributed by atoms with van der Waals surface area (Å²) in [6.45, 7) is 4.42. The first-order valence-electron chi connectivity index (χ1n) is 10.0. The van der Waals surface area contributed by atoms with Crippen molar-refractivity contribution < 1.29 is 0 Å². The molecule has 0 unspecified atom stereocenters. The monoisotopic (exact) mass is 360 g/mol. The lowest BCUT2D eigenvalue weighted by atomic mass is 10.1. The number of rotatable bonds is 9. The van der Waals surface area contributed by atoms with Crippen LogP contribution < -0.4 is 0 Å². The molecule has 0 fully saturated rings. The average Bonchev–Trinajstić information content (AvgIpc) is 2.73. The highest BCUT2D eigenvalue weighted by Crippen LogP contribution is 2.19. The molecule has 3 aromatic rings. The van der Waals surface area contributed by atoms with Gasteiger partial charge in [-0.25, -0.2) is 19.9 Å². The van der Waals surface area contributed by atoms with Gasteiger partial charge >= 0.3 is 0 Å². The third-order valence-electron chi connectivity index (χ3n) is 4.69. The fourth-order valence-corrected chi connectivity index (χ4v) is 3.09. The predicted molar refractivity (Wildman–Crippen MR) is 110 cm³/mol. The van der Waals surface area contributed by atoms with Crippen molar-refractivity contribution in [3.8, 4) is 22.8 Å². The van der Waals surface area contributed by atoms with E-state index >= 15 is 0 Å². The standard InChI is InChI=1S/C23H28N4/c1-3-5-6-7-9-19-14-24-23(25-15-19)21-16-26-22(27-17-21)20-12-10-18(8-4-2)11-13-20/h10-17H,3-9H2,1-2H3. The van der Waals surface area contributed by atoms with Crippen molar-refractivity contribution in [1.82, 2.24) is 19.9 Å². The molecule has 4 nitrogen and oxygen atoms in total. The summed E-state index contributed by atoms with van der Waals surface area (Å²) in [5, 5.41) is 0. The van der Waals surface area contributed by atoms with Crippen LogP contribution in [0.1, 0.15) is 57.1 Å². The fourth-order valence-electron chi connectivity index (χ4n) is 3.09. The van der Waals surface area contributed by atoms with Gasteiger partial charge in [0.1, 0.15) is 0 Å². The molecule has 0 saturated heterocycles. The number of aryl methyl sites for hydroxylation is 2. The van der Waals surface area contributed by atoms with Gasteiger partial charge in [-0.3, -0.25) is 0 Å². The molecule has 0 atom stereocenters. The van der Waals surface area contributed by atoms with Crippen molar-refractivity contribution in [3.63, 3.8) is 0 Å². The van der Waals surface area contributed by atoms with E-state index in [0.717, 1.165) is 36.2 Å². The first-order valence-corrected chi connectivity index (χ1v) is 10.0. The van der Waals surface area contributed by atoms with Gasteiger partial charge < -0.3 is 0 Å². The van der Waals surface area contributed by atoms with Gasteiger partial charge in [0.05, 0.1) is 5.56 Å². The molecular weight excluding hydrogens is 332 g/mol. The Bertz CT molecular complexity index is 809. The molecule has 4 heteroatoms. The summed E-state index contributed by atoms with van der Waals surface area (Å²) in [4.78, 5) is 18.0. The Morgan fingerprint density at radius 3 is 1.81 bits per heavy atom. The molecule has 0 aliphatic carbocycles. The van der Waals surface area contributed by atoms with Gasteiger partial charge in [-0.2, -0.15) is 0 Å². The molecule has 0 amide bonds. The van der Waals surface area contributed by atoms with Gasteiger partial charge in [-0.05, 0) is 30.4 Å². The van der Waals surface area contributed by atoms with Crippen molar-refractivity contribution in [2.75, 3.05) is 0 Å². The van der Waals surface area contributed by atoms with E-state index < -0.39 is 0 Å². The maximum Gasteiger partial charge on any atom is 0.162 e. The zero-order chi connectivity index (χ0) is 18.9. The van der Waals surface area contributed by atoms with Crippen LogP contribution in [0.4, 0.5) is 0 Å². The first kappa shape index (κ1) is 19.2. The number of unbranched alkanes of at least 4 members (excludes halogenated alkanes) is 3. The molecule has 1 aromatic carbocycles. The Balaban J connectivity index is 1.64. The van der Waals surface area contributed by atoms with Crippen LogP contribution in [0.2, 0.25) is 0 Å². The highest BCUT2D eigenvalue weighted by Gasteiger charge is 2.06. The highest BCUT2D eigenvalue weighted by atomic mass is 14.9. The van der Waals surface area contributed by atoms with Crippen molar-refractivity contribution >= 4 is 0 Å². The lowest BCUT2D eigenvalue weighted by Gasteiger charge is -2.05. The van der Waals surface area contributed by atoms with E-state index in [-0.39, 0.29) is 0 Å². The maximum absolute atomic E-state index is 4.50. The van der Waals surface area contributed by atoms with E-state index in [4.69, 9.17) is 0 Å². The SMILES string of the molecule is CCCCCCc1cnc(-c2cnc(-c3ccc(CCC)cc3)nc2)nc1. The number of benzene rings is 1. The summed E-state index contributed by atoms with van der Waals surface area (Å²) in [7, 11) is 0. The minimum absolute atomic E-state index is 0.678. The second kappa shape index (κ2) is 9.91. The van der Waals surface area contributed by atoms with E-state index in [1.807, 2.05) is 12.4 Å². The lowest BCUT2D eigenvalue weighted by Crippen LogP contribution is -1.96. The van der Waals surface area contributed by atoms with E-state index in [0.29, 0.717) is 5.82 Å². The van der Waals surface area contributed by atoms with Crippen LogP contribution in [0, 0.1) is 0 Å². The molecule has 2 aromatic heterocycles. The van der Waals surface area contributed by atoms with E-state index in [1.54, 1.807) is 12.4 Å². The van der Waals surface area contributed by atoms with E-state index in [1.165, 1.54) is 36.8 Å². The predicted octanol–water partition coefficient (Wildman–Crippen LogP) is 5.68. The summed E-state index contributed by atoms with van der Waals surface area (Å²) in [5.74, 6) is 1.41. The molecule has 0 saturated carbocycles. The number of nitrogens with zero attached hydrogens (tertiary/aromatic N) is 4. The van der Waals surface area contributed by atoms with E-state index in [9.17, 15) is 0 Å². The van der Waals surface area contributed by atoms with Gasteiger partial charge in [0.2, 0.25) is 0 Å². The second-order valence-electron chi connectivity index (χ2n) is 6.97. The third kappa shape index (κ3) is 5.43. The average molecular weight is 361 g/mol. The highest BCUT2D eigenvalue weighted by molar-refractivity contribution is 5.58. The van der Waals surface area contributed by atoms with Crippen molar-refractivity contribution in [1.29, 1.82) is 0 Å². The molecular formula is C23H28N4. The molecule has 0 bridgehead atoms. The molecule has 0 spiro atoms. The summed E-state index contributed by atoms with van der Waals surface area (Å²) in [5.41, 5.74) is 4.42. The van der Waals surface area contributed by atoms with Crippen LogP contribution in [0.15, 0.2) is 49.1 Å². The molecule has 0 aliphatic heterocycles. The normalized spacial score (nSPS) is 10.9. The lowest BCUT2D eigenvalue weighted by molar-refractivity contribution is 0.665. The number of aromatic nitrogens is 4. The Labute approximate surface area is 162 Å². The molecule has 140 valence electrons. The Kier molecular flexibility index (Phi) is 7.03. The summed E-state index contributed by atoms with van der Waals surface area (Å²) in [6, 6.07) is 8.48. The Hall–Kier alpha value is -2.62. The minimum atomic E-state index is 0.678. The van der Waals surface area contributed by atoms with Gasteiger partial charge in [-0.15, -0.1) is 0 Å². The van der Waals surface area contributed by atoms with Crippen LogP contribution in [0.3, 0.4) is 0 Å². The molecule has 3 rings (SSSR count). The summed E-state index contributed by atoms with van der Waals surface area (Å²) < 4.78 is 0. The maximum atomic E-state index is 4.50. The molecule has 2 heterocycles. The van der Waals surface area contributed by atoms with Crippen LogP contribution in [0.5, 0.6) is 0 Å². The summed E-state index contributed by atoms with van der Waals surface area (Å²) in [6.07, 6.45) is 15.8. The van der Waals surface area contributed by atoms with Crippen LogP contribution in [0.25, 0.3) is 22.8 Å². The number of hydrogen-bond acceptors (Lipinski definition) is 4. The Morgan fingerprint density at radius 1 is 0.556 bits per heavy atom. The molecule has 0 N–H and O–H groups in total. The third-order valence-corrected chi connectivity index (χ3v) is 4.69. The second-order valence-corrected chi connectivity index (χ2v) is 6.97. The largest absolute Gasteiger partial charge is 0.236 e. The van der Waals surface area contributed by atoms with Crippen LogP contribution >= 0.6 is 0 Å². The van der Waals surface area contributed by atoms with Crippen LogP contribution in [-0.4, -0.2) is 19.9 Å². The quantitative estimate of drug-likeness (QED) is 0.461.